The quantitative estimate of drug-likeness (QED) is 0.512. The van der Waals surface area contributed by atoms with Gasteiger partial charge in [0, 0.05) is 6.54 Å². The fourth-order valence-corrected chi connectivity index (χ4v) is 0.351. The molecule has 1 N–H and O–H groups in total. The molecule has 0 heterocycles. The lowest BCUT2D eigenvalue weighted by atomic mass is 10.2. The molecule has 0 aromatic carbocycles. The van der Waals surface area contributed by atoms with Crippen LogP contribution in [0.5, 0.6) is 0 Å². The molecule has 0 radical (unpaired) electrons. The van der Waals surface area contributed by atoms with Gasteiger partial charge in [0.05, 0.1) is 7.11 Å². The molecule has 0 aromatic heterocycles. The normalized spacial score (nSPS) is 9.50. The predicted molar refractivity (Wildman–Crippen MR) is 55.0 cm³/mol. The maximum atomic E-state index is 4.59. The van der Waals surface area contributed by atoms with Crippen molar-refractivity contribution in [2.45, 2.75) is 47.0 Å². The molecule has 0 bridgehead atoms. The van der Waals surface area contributed by atoms with E-state index in [1.165, 1.54) is 19.3 Å². The molecular formula is C10H25NO. The third kappa shape index (κ3) is 22.5. The fraction of sp³-hybridized carbons (Fsp3) is 1.00. The molecule has 0 fully saturated rings. The Kier molecular flexibility index (Phi) is 16.3. The molecule has 0 saturated carbocycles. The van der Waals surface area contributed by atoms with E-state index >= 15 is 0 Å². The Morgan fingerprint density at radius 1 is 1.25 bits per heavy atom. The number of hydroxylamine groups is 1. The second kappa shape index (κ2) is 13.5. The molecule has 0 amide bonds. The summed E-state index contributed by atoms with van der Waals surface area (Å²) in [7, 11) is 1.63. The predicted octanol–water partition coefficient (Wildman–Crippen LogP) is 2.99. The average molecular weight is 175 g/mol. The zero-order chi connectivity index (χ0) is 9.82. The zero-order valence-corrected chi connectivity index (χ0v) is 9.31. The standard InChI is InChI=1S/C5H13NO.C5H12/c1-3-4-5-6-7-2;1-4-5(2)3/h6H,3-5H2,1-2H3;5H,4H2,1-3H3. The van der Waals surface area contributed by atoms with Crippen LogP contribution in [0.2, 0.25) is 0 Å². The highest BCUT2D eigenvalue weighted by molar-refractivity contribution is 4.33. The summed E-state index contributed by atoms with van der Waals surface area (Å²) in [6, 6.07) is 0. The lowest BCUT2D eigenvalue weighted by Crippen LogP contribution is -2.12. The van der Waals surface area contributed by atoms with Crippen molar-refractivity contribution >= 4 is 0 Å². The van der Waals surface area contributed by atoms with E-state index in [9.17, 15) is 0 Å². The van der Waals surface area contributed by atoms with Gasteiger partial charge in [0.1, 0.15) is 0 Å². The molecule has 76 valence electrons. The van der Waals surface area contributed by atoms with Gasteiger partial charge in [-0.3, -0.25) is 0 Å². The highest BCUT2D eigenvalue weighted by atomic mass is 16.6. The first-order valence-electron chi connectivity index (χ1n) is 4.94. The molecule has 0 saturated heterocycles. The number of nitrogens with one attached hydrogen (secondary N) is 1. The Morgan fingerprint density at radius 3 is 2.00 bits per heavy atom. The Bertz CT molecular complexity index is 60.9. The molecule has 12 heavy (non-hydrogen) atoms. The first kappa shape index (κ1) is 14.4. The maximum absolute atomic E-state index is 4.59. The second-order valence-corrected chi connectivity index (χ2v) is 3.25. The SMILES string of the molecule is CCC(C)C.CCCCNOC. The van der Waals surface area contributed by atoms with Crippen molar-refractivity contribution in [2.75, 3.05) is 13.7 Å². The first-order valence-corrected chi connectivity index (χ1v) is 4.94. The van der Waals surface area contributed by atoms with Gasteiger partial charge < -0.3 is 4.84 Å². The van der Waals surface area contributed by atoms with Crippen LogP contribution in [0.1, 0.15) is 47.0 Å². The van der Waals surface area contributed by atoms with E-state index in [0.29, 0.717) is 0 Å². The van der Waals surface area contributed by atoms with E-state index < -0.39 is 0 Å². The van der Waals surface area contributed by atoms with Crippen LogP contribution < -0.4 is 5.48 Å². The lowest BCUT2D eigenvalue weighted by molar-refractivity contribution is 0.0909. The van der Waals surface area contributed by atoms with Crippen molar-refractivity contribution in [3.8, 4) is 0 Å². The number of unbranched alkanes of at least 4 members (excludes halogenated alkanes) is 1. The molecule has 0 rings (SSSR count). The highest BCUT2D eigenvalue weighted by Crippen LogP contribution is 1.93. The highest BCUT2D eigenvalue weighted by Gasteiger charge is 1.80. The van der Waals surface area contributed by atoms with E-state index in [2.05, 4.69) is 38.0 Å². The summed E-state index contributed by atoms with van der Waals surface area (Å²) in [4.78, 5) is 4.59. The number of hydrogen-bond donors (Lipinski definition) is 1. The first-order chi connectivity index (χ1) is 5.68. The van der Waals surface area contributed by atoms with E-state index in [1.807, 2.05) is 0 Å². The maximum Gasteiger partial charge on any atom is 0.0572 e. The molecule has 0 aliphatic carbocycles. The Hall–Kier alpha value is -0.0800. The topological polar surface area (TPSA) is 21.3 Å². The third-order valence-electron chi connectivity index (χ3n) is 1.59. The zero-order valence-electron chi connectivity index (χ0n) is 9.31. The van der Waals surface area contributed by atoms with Crippen LogP contribution >= 0.6 is 0 Å². The molecule has 0 aliphatic rings. The van der Waals surface area contributed by atoms with Gasteiger partial charge in [0.25, 0.3) is 0 Å². The molecular weight excluding hydrogens is 150 g/mol. The van der Waals surface area contributed by atoms with Gasteiger partial charge in [-0.15, -0.1) is 0 Å². The van der Waals surface area contributed by atoms with E-state index in [-0.39, 0.29) is 0 Å². The van der Waals surface area contributed by atoms with Crippen molar-refractivity contribution in [3.05, 3.63) is 0 Å². The van der Waals surface area contributed by atoms with Crippen LogP contribution in [0, 0.1) is 5.92 Å². The van der Waals surface area contributed by atoms with Crippen molar-refractivity contribution in [1.82, 2.24) is 5.48 Å². The van der Waals surface area contributed by atoms with Gasteiger partial charge >= 0.3 is 0 Å². The number of rotatable bonds is 5. The molecule has 0 aromatic rings. The molecule has 0 aliphatic heterocycles. The molecule has 0 atom stereocenters. The minimum Gasteiger partial charge on any atom is -0.305 e. The van der Waals surface area contributed by atoms with E-state index in [0.717, 1.165) is 12.5 Å². The monoisotopic (exact) mass is 175 g/mol. The largest absolute Gasteiger partial charge is 0.305 e. The second-order valence-electron chi connectivity index (χ2n) is 3.25. The van der Waals surface area contributed by atoms with Crippen LogP contribution in [0.3, 0.4) is 0 Å². The summed E-state index contributed by atoms with van der Waals surface area (Å²) in [6.45, 7) is 9.76. The van der Waals surface area contributed by atoms with Crippen LogP contribution in [0.4, 0.5) is 0 Å². The minimum atomic E-state index is 0.884. The van der Waals surface area contributed by atoms with E-state index in [4.69, 9.17) is 0 Å². The molecule has 0 spiro atoms. The van der Waals surface area contributed by atoms with Crippen LogP contribution in [-0.2, 0) is 4.84 Å². The number of hydrogen-bond acceptors (Lipinski definition) is 2. The van der Waals surface area contributed by atoms with Crippen LogP contribution in [-0.4, -0.2) is 13.7 Å². The summed E-state index contributed by atoms with van der Waals surface area (Å²) in [6.07, 6.45) is 3.71. The summed E-state index contributed by atoms with van der Waals surface area (Å²) in [5.41, 5.74) is 2.75. The Morgan fingerprint density at radius 2 is 1.75 bits per heavy atom. The van der Waals surface area contributed by atoms with Gasteiger partial charge in [-0.2, -0.15) is 0 Å². The van der Waals surface area contributed by atoms with Crippen LogP contribution in [0.15, 0.2) is 0 Å². The van der Waals surface area contributed by atoms with Gasteiger partial charge in [-0.05, 0) is 12.3 Å². The van der Waals surface area contributed by atoms with Gasteiger partial charge in [-0.25, -0.2) is 5.48 Å². The van der Waals surface area contributed by atoms with Gasteiger partial charge in [0.2, 0.25) is 0 Å². The minimum absolute atomic E-state index is 0.884. The summed E-state index contributed by atoms with van der Waals surface area (Å²) in [5, 5.41) is 0. The Labute approximate surface area is 77.6 Å². The smallest absolute Gasteiger partial charge is 0.0572 e. The van der Waals surface area contributed by atoms with Crippen molar-refractivity contribution in [2.24, 2.45) is 5.92 Å². The third-order valence-corrected chi connectivity index (χ3v) is 1.59. The summed E-state index contributed by atoms with van der Waals surface area (Å²) < 4.78 is 0. The fourth-order valence-electron chi connectivity index (χ4n) is 0.351. The van der Waals surface area contributed by atoms with Crippen LogP contribution in [0.25, 0.3) is 0 Å². The molecule has 2 heteroatoms. The summed E-state index contributed by atoms with van der Waals surface area (Å²) >= 11 is 0. The molecule has 0 unspecified atom stereocenters. The Balaban J connectivity index is 0. The van der Waals surface area contributed by atoms with Gasteiger partial charge in [-0.1, -0.05) is 40.5 Å². The van der Waals surface area contributed by atoms with Crippen molar-refractivity contribution < 1.29 is 4.84 Å². The van der Waals surface area contributed by atoms with Crippen molar-refractivity contribution in [1.29, 1.82) is 0 Å². The van der Waals surface area contributed by atoms with Crippen molar-refractivity contribution in [3.63, 3.8) is 0 Å². The summed E-state index contributed by atoms with van der Waals surface area (Å²) in [5.74, 6) is 0.884. The molecule has 2 nitrogen and oxygen atoms in total. The lowest BCUT2D eigenvalue weighted by Gasteiger charge is -1.95. The average Bonchev–Trinajstić information content (AvgIpc) is 2.07. The van der Waals surface area contributed by atoms with Gasteiger partial charge in [0.15, 0.2) is 0 Å². The van der Waals surface area contributed by atoms with E-state index in [1.54, 1.807) is 7.11 Å².